The summed E-state index contributed by atoms with van der Waals surface area (Å²) in [5, 5.41) is 4.21. The van der Waals surface area contributed by atoms with Crippen LogP contribution in [0, 0.1) is 5.92 Å². The van der Waals surface area contributed by atoms with Crippen molar-refractivity contribution < 1.29 is 9.47 Å². The van der Waals surface area contributed by atoms with E-state index < -0.39 is 0 Å². The minimum atomic E-state index is 0.499. The molecular weight excluding hydrogens is 262 g/mol. The van der Waals surface area contributed by atoms with Crippen molar-refractivity contribution in [3.05, 3.63) is 17.2 Å². The minimum Gasteiger partial charge on any atom is -0.493 e. The van der Waals surface area contributed by atoms with Gasteiger partial charge >= 0.3 is 0 Å². The lowest BCUT2D eigenvalue weighted by atomic mass is 9.87. The molecule has 1 fully saturated rings. The minimum absolute atomic E-state index is 0.499. The fraction of sp³-hybridized carbons (Fsp3) is 0.600. The molecule has 1 aliphatic carbocycles. The molecule has 3 nitrogen and oxygen atoms in total. The summed E-state index contributed by atoms with van der Waals surface area (Å²) >= 11 is 6.29. The summed E-state index contributed by atoms with van der Waals surface area (Å²) in [5.41, 5.74) is 0.929. The fourth-order valence-electron chi connectivity index (χ4n) is 2.75. The summed E-state index contributed by atoms with van der Waals surface area (Å²) in [6, 6.07) is 4.22. The van der Waals surface area contributed by atoms with Crippen molar-refractivity contribution >= 4 is 17.3 Å². The normalized spacial score (nSPS) is 22.9. The molecular formula is C15H22ClNO2. The van der Waals surface area contributed by atoms with Crippen LogP contribution in [0.4, 0.5) is 5.69 Å². The smallest absolute Gasteiger partial charge is 0.162 e. The predicted octanol–water partition coefficient (Wildman–Crippen LogP) is 4.35. The lowest BCUT2D eigenvalue weighted by molar-refractivity contribution is 0.353. The standard InChI is InChI=1S/C15H22ClNO2/c1-10-5-4-6-11(7-10)17-13-9-15(19-3)14(18-2)8-12(13)16/h8-11,17H,4-7H2,1-3H3. The van der Waals surface area contributed by atoms with E-state index in [1.165, 1.54) is 25.7 Å². The highest BCUT2D eigenvalue weighted by molar-refractivity contribution is 6.33. The number of anilines is 1. The van der Waals surface area contributed by atoms with Gasteiger partial charge in [-0.05, 0) is 18.8 Å². The van der Waals surface area contributed by atoms with Crippen molar-refractivity contribution in [3.63, 3.8) is 0 Å². The SMILES string of the molecule is COc1cc(Cl)c(NC2CCCC(C)C2)cc1OC. The second kappa shape index (κ2) is 6.38. The first-order chi connectivity index (χ1) is 9.13. The van der Waals surface area contributed by atoms with Crippen molar-refractivity contribution in [1.29, 1.82) is 0 Å². The molecule has 0 heterocycles. The van der Waals surface area contributed by atoms with E-state index in [1.54, 1.807) is 20.3 Å². The first-order valence-corrected chi connectivity index (χ1v) is 7.20. The molecule has 0 spiro atoms. The van der Waals surface area contributed by atoms with E-state index in [2.05, 4.69) is 12.2 Å². The van der Waals surface area contributed by atoms with Gasteiger partial charge in [0.1, 0.15) is 0 Å². The van der Waals surface area contributed by atoms with Crippen LogP contribution in [0.1, 0.15) is 32.6 Å². The third kappa shape index (κ3) is 3.47. The molecule has 19 heavy (non-hydrogen) atoms. The zero-order valence-corrected chi connectivity index (χ0v) is 12.6. The highest BCUT2D eigenvalue weighted by atomic mass is 35.5. The van der Waals surface area contributed by atoms with Crippen molar-refractivity contribution in [3.8, 4) is 11.5 Å². The Kier molecular flexibility index (Phi) is 4.81. The second-order valence-corrected chi connectivity index (χ2v) is 5.71. The van der Waals surface area contributed by atoms with E-state index in [4.69, 9.17) is 21.1 Å². The number of nitrogens with one attached hydrogen (secondary N) is 1. The van der Waals surface area contributed by atoms with Gasteiger partial charge in [0.2, 0.25) is 0 Å². The van der Waals surface area contributed by atoms with Gasteiger partial charge in [-0.25, -0.2) is 0 Å². The number of benzene rings is 1. The van der Waals surface area contributed by atoms with Gasteiger partial charge < -0.3 is 14.8 Å². The summed E-state index contributed by atoms with van der Waals surface area (Å²) in [5.74, 6) is 2.15. The average Bonchev–Trinajstić information content (AvgIpc) is 2.40. The number of ether oxygens (including phenoxy) is 2. The van der Waals surface area contributed by atoms with E-state index in [0.717, 1.165) is 11.6 Å². The summed E-state index contributed by atoms with van der Waals surface area (Å²) in [6.07, 6.45) is 5.02. The van der Waals surface area contributed by atoms with Crippen LogP contribution in [-0.4, -0.2) is 20.3 Å². The molecule has 2 unspecified atom stereocenters. The fourth-order valence-corrected chi connectivity index (χ4v) is 2.96. The number of hydrogen-bond acceptors (Lipinski definition) is 3. The Labute approximate surface area is 120 Å². The van der Waals surface area contributed by atoms with Gasteiger partial charge in [-0.3, -0.25) is 0 Å². The molecule has 0 saturated heterocycles. The van der Waals surface area contributed by atoms with Gasteiger partial charge in [0, 0.05) is 18.2 Å². The molecule has 0 bridgehead atoms. The molecule has 0 aromatic heterocycles. The molecule has 0 aliphatic heterocycles. The molecule has 1 aromatic carbocycles. The quantitative estimate of drug-likeness (QED) is 0.891. The maximum atomic E-state index is 6.29. The maximum Gasteiger partial charge on any atom is 0.162 e. The Bertz CT molecular complexity index is 436. The Morgan fingerprint density at radius 2 is 1.84 bits per heavy atom. The van der Waals surface area contributed by atoms with Crippen LogP contribution in [-0.2, 0) is 0 Å². The van der Waals surface area contributed by atoms with E-state index in [1.807, 2.05) is 6.07 Å². The monoisotopic (exact) mass is 283 g/mol. The largest absolute Gasteiger partial charge is 0.493 e. The van der Waals surface area contributed by atoms with E-state index >= 15 is 0 Å². The van der Waals surface area contributed by atoms with Crippen molar-refractivity contribution in [2.24, 2.45) is 5.92 Å². The summed E-state index contributed by atoms with van der Waals surface area (Å²) in [4.78, 5) is 0. The third-order valence-electron chi connectivity index (χ3n) is 3.77. The van der Waals surface area contributed by atoms with Crippen molar-refractivity contribution in [1.82, 2.24) is 0 Å². The van der Waals surface area contributed by atoms with Gasteiger partial charge in [-0.15, -0.1) is 0 Å². The predicted molar refractivity (Wildman–Crippen MR) is 79.6 cm³/mol. The van der Waals surface area contributed by atoms with Crippen molar-refractivity contribution in [2.75, 3.05) is 19.5 Å². The zero-order chi connectivity index (χ0) is 13.8. The van der Waals surface area contributed by atoms with Gasteiger partial charge in [0.25, 0.3) is 0 Å². The Morgan fingerprint density at radius 1 is 1.16 bits per heavy atom. The first-order valence-electron chi connectivity index (χ1n) is 6.82. The van der Waals surface area contributed by atoms with E-state index in [9.17, 15) is 0 Å². The average molecular weight is 284 g/mol. The Balaban J connectivity index is 2.15. The molecule has 1 aliphatic rings. The van der Waals surface area contributed by atoms with Crippen LogP contribution in [0.2, 0.25) is 5.02 Å². The maximum absolute atomic E-state index is 6.29. The summed E-state index contributed by atoms with van der Waals surface area (Å²) in [6.45, 7) is 2.31. The summed E-state index contributed by atoms with van der Waals surface area (Å²) < 4.78 is 10.6. The summed E-state index contributed by atoms with van der Waals surface area (Å²) in [7, 11) is 3.25. The van der Waals surface area contributed by atoms with Crippen molar-refractivity contribution in [2.45, 2.75) is 38.6 Å². The molecule has 4 heteroatoms. The molecule has 1 N–H and O–H groups in total. The molecule has 2 rings (SSSR count). The second-order valence-electron chi connectivity index (χ2n) is 5.30. The van der Waals surface area contributed by atoms with Crippen LogP contribution >= 0.6 is 11.6 Å². The van der Waals surface area contributed by atoms with E-state index in [0.29, 0.717) is 22.6 Å². The van der Waals surface area contributed by atoms with Gasteiger partial charge in [0.15, 0.2) is 11.5 Å². The molecule has 106 valence electrons. The van der Waals surface area contributed by atoms with Crippen LogP contribution in [0.5, 0.6) is 11.5 Å². The first kappa shape index (κ1) is 14.3. The highest BCUT2D eigenvalue weighted by Crippen LogP contribution is 2.37. The highest BCUT2D eigenvalue weighted by Gasteiger charge is 2.20. The molecule has 0 amide bonds. The van der Waals surface area contributed by atoms with Crippen LogP contribution in [0.15, 0.2) is 12.1 Å². The molecule has 0 radical (unpaired) electrons. The Hall–Kier alpha value is -1.09. The third-order valence-corrected chi connectivity index (χ3v) is 4.08. The van der Waals surface area contributed by atoms with Gasteiger partial charge in [-0.1, -0.05) is 31.4 Å². The topological polar surface area (TPSA) is 30.5 Å². The van der Waals surface area contributed by atoms with Crippen LogP contribution in [0.25, 0.3) is 0 Å². The molecule has 2 atom stereocenters. The van der Waals surface area contributed by atoms with E-state index in [-0.39, 0.29) is 0 Å². The number of rotatable bonds is 4. The van der Waals surface area contributed by atoms with Gasteiger partial charge in [-0.2, -0.15) is 0 Å². The van der Waals surface area contributed by atoms with Crippen LogP contribution in [0.3, 0.4) is 0 Å². The van der Waals surface area contributed by atoms with Gasteiger partial charge in [0.05, 0.1) is 24.9 Å². The zero-order valence-electron chi connectivity index (χ0n) is 11.8. The lowest BCUT2D eigenvalue weighted by Crippen LogP contribution is -2.26. The number of hydrogen-bond donors (Lipinski definition) is 1. The number of halogens is 1. The Morgan fingerprint density at radius 3 is 2.47 bits per heavy atom. The molecule has 1 saturated carbocycles. The molecule has 1 aromatic rings. The van der Waals surface area contributed by atoms with Crippen LogP contribution < -0.4 is 14.8 Å². The number of methoxy groups -OCH3 is 2. The lowest BCUT2D eigenvalue weighted by Gasteiger charge is -2.28.